The molecule has 2 aromatic rings. The van der Waals surface area contributed by atoms with Gasteiger partial charge in [0.05, 0.1) is 20.1 Å². The van der Waals surface area contributed by atoms with Crippen molar-refractivity contribution < 1.29 is 23.8 Å². The van der Waals surface area contributed by atoms with Gasteiger partial charge < -0.3 is 15.2 Å². The number of carboxylic acid groups (broad SMARTS) is 1. The SMILES string of the molecule is O=C(O)COc1c(Cl)cc(/C=C2/SC(=Nc3ccc(F)cc3)NC2=O)cc1Br. The third-order valence-electron chi connectivity index (χ3n) is 3.37. The number of hydrogen-bond acceptors (Lipinski definition) is 5. The summed E-state index contributed by atoms with van der Waals surface area (Å²) in [7, 11) is 0. The molecule has 1 aliphatic rings. The first kappa shape index (κ1) is 20.4. The quantitative estimate of drug-likeness (QED) is 0.605. The molecule has 1 heterocycles. The van der Waals surface area contributed by atoms with Gasteiger partial charge >= 0.3 is 5.97 Å². The first-order chi connectivity index (χ1) is 13.3. The maximum atomic E-state index is 13.0. The maximum Gasteiger partial charge on any atom is 0.341 e. The Morgan fingerprint density at radius 1 is 1.36 bits per heavy atom. The number of nitrogens with zero attached hydrogens (tertiary/aromatic N) is 1. The van der Waals surface area contributed by atoms with Crippen LogP contribution in [0.2, 0.25) is 5.02 Å². The largest absolute Gasteiger partial charge is 0.479 e. The Morgan fingerprint density at radius 3 is 2.71 bits per heavy atom. The number of hydrogen-bond donors (Lipinski definition) is 2. The second-order valence-corrected chi connectivity index (χ2v) is 7.75. The summed E-state index contributed by atoms with van der Waals surface area (Å²) < 4.78 is 18.6. The van der Waals surface area contributed by atoms with E-state index in [1.807, 2.05) is 0 Å². The van der Waals surface area contributed by atoms with Gasteiger partial charge in [0.2, 0.25) is 0 Å². The summed E-state index contributed by atoms with van der Waals surface area (Å²) in [6.45, 7) is -0.528. The number of carbonyl (C=O) groups excluding carboxylic acids is 1. The van der Waals surface area contributed by atoms with Gasteiger partial charge in [-0.25, -0.2) is 14.2 Å². The average Bonchev–Trinajstić information content (AvgIpc) is 2.95. The zero-order chi connectivity index (χ0) is 20.3. The molecule has 0 aliphatic carbocycles. The van der Waals surface area contributed by atoms with Crippen molar-refractivity contribution in [3.63, 3.8) is 0 Å². The fraction of sp³-hybridized carbons (Fsp3) is 0.0556. The van der Waals surface area contributed by atoms with E-state index in [-0.39, 0.29) is 22.5 Å². The lowest BCUT2D eigenvalue weighted by molar-refractivity contribution is -0.139. The Bertz CT molecular complexity index is 988. The number of aliphatic carboxylic acids is 1. The van der Waals surface area contributed by atoms with E-state index < -0.39 is 12.6 Å². The number of halogens is 3. The molecule has 10 heteroatoms. The highest BCUT2D eigenvalue weighted by molar-refractivity contribution is 9.10. The summed E-state index contributed by atoms with van der Waals surface area (Å²) >= 11 is 10.6. The van der Waals surface area contributed by atoms with Crippen LogP contribution in [-0.4, -0.2) is 28.8 Å². The summed E-state index contributed by atoms with van der Waals surface area (Å²) in [6.07, 6.45) is 1.62. The van der Waals surface area contributed by atoms with E-state index >= 15 is 0 Å². The fourth-order valence-electron chi connectivity index (χ4n) is 2.20. The van der Waals surface area contributed by atoms with Crippen LogP contribution in [0.3, 0.4) is 0 Å². The van der Waals surface area contributed by atoms with Crippen LogP contribution < -0.4 is 10.1 Å². The number of rotatable bonds is 5. The van der Waals surface area contributed by atoms with E-state index in [2.05, 4.69) is 26.2 Å². The highest BCUT2D eigenvalue weighted by Crippen LogP contribution is 2.36. The van der Waals surface area contributed by atoms with Gasteiger partial charge in [-0.2, -0.15) is 0 Å². The molecule has 0 bridgehead atoms. The molecule has 2 N–H and O–H groups in total. The Labute approximate surface area is 176 Å². The molecule has 0 radical (unpaired) electrons. The zero-order valence-corrected chi connectivity index (χ0v) is 17.1. The number of carbonyl (C=O) groups is 2. The predicted molar refractivity (Wildman–Crippen MR) is 109 cm³/mol. The standard InChI is InChI=1S/C18H11BrClFN2O4S/c19-12-5-9(6-13(20)16(12)27-8-15(24)25)7-14-17(26)23-18(28-14)22-11-3-1-10(21)2-4-11/h1-7H,8H2,(H,24,25)(H,22,23,26)/b14-7+. The number of nitrogens with one attached hydrogen (secondary N) is 1. The number of aliphatic imine (C=N–C) groups is 1. The van der Waals surface area contributed by atoms with E-state index in [4.69, 9.17) is 21.4 Å². The molecule has 0 spiro atoms. The van der Waals surface area contributed by atoms with Gasteiger partial charge in [-0.3, -0.25) is 4.79 Å². The maximum absolute atomic E-state index is 13.0. The van der Waals surface area contributed by atoms with Gasteiger partial charge in [0.25, 0.3) is 5.91 Å². The van der Waals surface area contributed by atoms with Crippen molar-refractivity contribution >= 4 is 68.1 Å². The molecule has 1 amide bonds. The topological polar surface area (TPSA) is 88.0 Å². The number of carboxylic acids is 1. The fourth-order valence-corrected chi connectivity index (χ4v) is 4.03. The van der Waals surface area contributed by atoms with E-state index in [0.29, 0.717) is 25.8 Å². The number of amides is 1. The highest BCUT2D eigenvalue weighted by Gasteiger charge is 2.24. The van der Waals surface area contributed by atoms with Crippen LogP contribution in [0.5, 0.6) is 5.75 Å². The van der Waals surface area contributed by atoms with Crippen molar-refractivity contribution in [1.29, 1.82) is 0 Å². The molecule has 3 rings (SSSR count). The minimum absolute atomic E-state index is 0.200. The van der Waals surface area contributed by atoms with Crippen molar-refractivity contribution in [2.45, 2.75) is 0 Å². The molecule has 144 valence electrons. The third kappa shape index (κ3) is 5.12. The van der Waals surface area contributed by atoms with Crippen molar-refractivity contribution in [3.8, 4) is 5.75 Å². The second kappa shape index (κ2) is 8.76. The predicted octanol–water partition coefficient (Wildman–Crippen LogP) is 4.60. The van der Waals surface area contributed by atoms with Crippen molar-refractivity contribution in [1.82, 2.24) is 5.32 Å². The molecule has 6 nitrogen and oxygen atoms in total. The van der Waals surface area contributed by atoms with Gasteiger partial charge in [-0.05, 0) is 75.7 Å². The van der Waals surface area contributed by atoms with E-state index in [1.54, 1.807) is 18.2 Å². The molecule has 2 aromatic carbocycles. The Balaban J connectivity index is 1.80. The lowest BCUT2D eigenvalue weighted by Crippen LogP contribution is -2.19. The molecule has 0 atom stereocenters. The van der Waals surface area contributed by atoms with Gasteiger partial charge in [0.15, 0.2) is 17.5 Å². The summed E-state index contributed by atoms with van der Waals surface area (Å²) in [5.74, 6) is -1.62. The smallest absolute Gasteiger partial charge is 0.341 e. The summed E-state index contributed by atoms with van der Waals surface area (Å²) in [5, 5.41) is 11.9. The monoisotopic (exact) mass is 484 g/mol. The Morgan fingerprint density at radius 2 is 2.07 bits per heavy atom. The number of benzene rings is 2. The molecule has 1 aliphatic heterocycles. The first-order valence-electron chi connectivity index (χ1n) is 7.70. The Kier molecular flexibility index (Phi) is 6.38. The van der Waals surface area contributed by atoms with Crippen LogP contribution in [-0.2, 0) is 9.59 Å². The normalized spacial score (nSPS) is 16.5. The molecule has 0 unspecified atom stereocenters. The Hall–Kier alpha value is -2.36. The van der Waals surface area contributed by atoms with Gasteiger partial charge in [0.1, 0.15) is 5.82 Å². The van der Waals surface area contributed by atoms with Crippen LogP contribution >= 0.6 is 39.3 Å². The minimum atomic E-state index is -1.12. The summed E-state index contributed by atoms with van der Waals surface area (Å²) in [6, 6.07) is 8.78. The zero-order valence-electron chi connectivity index (χ0n) is 13.9. The van der Waals surface area contributed by atoms with Crippen molar-refractivity contribution in [2.24, 2.45) is 4.99 Å². The summed E-state index contributed by atoms with van der Waals surface area (Å²) in [4.78, 5) is 27.5. The van der Waals surface area contributed by atoms with Crippen molar-refractivity contribution in [2.75, 3.05) is 6.61 Å². The molecule has 0 saturated carbocycles. The second-order valence-electron chi connectivity index (χ2n) is 5.45. The number of thioether (sulfide) groups is 1. The van der Waals surface area contributed by atoms with Gasteiger partial charge in [0, 0.05) is 0 Å². The van der Waals surface area contributed by atoms with Gasteiger partial charge in [-0.1, -0.05) is 11.6 Å². The lowest BCUT2D eigenvalue weighted by Gasteiger charge is -2.09. The van der Waals surface area contributed by atoms with E-state index in [9.17, 15) is 14.0 Å². The number of amidine groups is 1. The first-order valence-corrected chi connectivity index (χ1v) is 9.69. The number of ether oxygens (including phenoxy) is 1. The van der Waals surface area contributed by atoms with Crippen LogP contribution in [0.15, 0.2) is 50.8 Å². The molecule has 1 fully saturated rings. The molecular formula is C18H11BrClFN2O4S. The van der Waals surface area contributed by atoms with Crippen LogP contribution in [0.1, 0.15) is 5.56 Å². The van der Waals surface area contributed by atoms with E-state index in [1.165, 1.54) is 24.3 Å². The average molecular weight is 486 g/mol. The van der Waals surface area contributed by atoms with Crippen molar-refractivity contribution in [3.05, 3.63) is 62.2 Å². The van der Waals surface area contributed by atoms with Gasteiger partial charge in [-0.15, -0.1) is 0 Å². The molecule has 28 heavy (non-hydrogen) atoms. The highest BCUT2D eigenvalue weighted by atomic mass is 79.9. The molecule has 1 saturated heterocycles. The van der Waals surface area contributed by atoms with Crippen LogP contribution in [0.4, 0.5) is 10.1 Å². The minimum Gasteiger partial charge on any atom is -0.479 e. The van der Waals surface area contributed by atoms with E-state index in [0.717, 1.165) is 11.8 Å². The van der Waals surface area contributed by atoms with Crippen LogP contribution in [0, 0.1) is 5.82 Å². The third-order valence-corrected chi connectivity index (χ3v) is 5.15. The summed E-state index contributed by atoms with van der Waals surface area (Å²) in [5.41, 5.74) is 1.12. The molecular weight excluding hydrogens is 475 g/mol. The lowest BCUT2D eigenvalue weighted by atomic mass is 10.2. The molecule has 0 aromatic heterocycles. The van der Waals surface area contributed by atoms with Crippen LogP contribution in [0.25, 0.3) is 6.08 Å².